The Bertz CT molecular complexity index is 295. The van der Waals surface area contributed by atoms with Crippen molar-refractivity contribution in [2.75, 3.05) is 20.6 Å². The quantitative estimate of drug-likeness (QED) is 0.496. The fraction of sp³-hybridized carbons (Fsp3) is 1.00. The van der Waals surface area contributed by atoms with Crippen molar-refractivity contribution in [2.24, 2.45) is 0 Å². The molecule has 128 valence electrons. The highest BCUT2D eigenvalue weighted by atomic mass is 28.5. The van der Waals surface area contributed by atoms with E-state index in [1.54, 1.807) is 0 Å². The first-order chi connectivity index (χ1) is 9.39. The van der Waals surface area contributed by atoms with Crippen LogP contribution in [-0.2, 0) is 8.23 Å². The molecule has 0 unspecified atom stereocenters. The van der Waals surface area contributed by atoms with E-state index in [4.69, 9.17) is 8.23 Å². The molecule has 0 aromatic rings. The third kappa shape index (κ3) is 11.7. The summed E-state index contributed by atoms with van der Waals surface area (Å²) in [5, 5.41) is 0. The highest BCUT2D eigenvalue weighted by Gasteiger charge is 2.39. The summed E-state index contributed by atoms with van der Waals surface area (Å²) in [6.07, 6.45) is 3.77. The van der Waals surface area contributed by atoms with E-state index in [1.807, 2.05) is 0 Å². The van der Waals surface area contributed by atoms with Crippen molar-refractivity contribution in [3.63, 3.8) is 0 Å². The second-order valence-electron chi connectivity index (χ2n) is 8.13. The zero-order valence-electron chi connectivity index (χ0n) is 16.0. The number of unbranched alkanes of at least 4 members (excludes halogenated alkanes) is 1. The van der Waals surface area contributed by atoms with Crippen molar-refractivity contribution < 1.29 is 8.23 Å². The number of rotatable bonds is 11. The van der Waals surface area contributed by atoms with E-state index in [-0.39, 0.29) is 0 Å². The minimum absolute atomic E-state index is 1.15. The van der Waals surface area contributed by atoms with Crippen molar-refractivity contribution in [2.45, 2.75) is 77.6 Å². The van der Waals surface area contributed by atoms with E-state index in [0.717, 1.165) is 6.54 Å². The van der Waals surface area contributed by atoms with Crippen molar-refractivity contribution in [1.29, 1.82) is 0 Å². The topological polar surface area (TPSA) is 21.7 Å². The van der Waals surface area contributed by atoms with Gasteiger partial charge in [0.1, 0.15) is 0 Å². The van der Waals surface area contributed by atoms with Gasteiger partial charge in [-0.15, -0.1) is 0 Å². The minimum atomic E-state index is -1.99. The molecule has 21 heavy (non-hydrogen) atoms. The van der Waals surface area contributed by atoms with Crippen molar-refractivity contribution in [3.05, 3.63) is 0 Å². The van der Waals surface area contributed by atoms with Crippen LogP contribution < -0.4 is 0 Å². The Balaban J connectivity index is 4.42. The average Bonchev–Trinajstić information content (AvgIpc) is 2.22. The van der Waals surface area contributed by atoms with Crippen molar-refractivity contribution >= 4 is 25.2 Å². The molecule has 3 nitrogen and oxygen atoms in total. The molecule has 6 heteroatoms. The van der Waals surface area contributed by atoms with E-state index < -0.39 is 25.2 Å². The fourth-order valence-corrected chi connectivity index (χ4v) is 17.1. The molecule has 0 saturated heterocycles. The lowest BCUT2D eigenvalue weighted by Gasteiger charge is -2.39. The van der Waals surface area contributed by atoms with Crippen LogP contribution in [0.25, 0.3) is 0 Å². The molecule has 0 atom stereocenters. The van der Waals surface area contributed by atoms with Gasteiger partial charge in [-0.05, 0) is 78.4 Å². The van der Waals surface area contributed by atoms with Gasteiger partial charge in [-0.1, -0.05) is 19.8 Å². The van der Waals surface area contributed by atoms with Gasteiger partial charge >= 0.3 is 8.56 Å². The van der Waals surface area contributed by atoms with Gasteiger partial charge in [-0.3, -0.25) is 0 Å². The molecule has 0 saturated carbocycles. The maximum atomic E-state index is 6.59. The van der Waals surface area contributed by atoms with Gasteiger partial charge in [-0.25, -0.2) is 0 Å². The van der Waals surface area contributed by atoms with Crippen LogP contribution in [0.5, 0.6) is 0 Å². The van der Waals surface area contributed by atoms with Gasteiger partial charge in [0.05, 0.1) is 0 Å². The largest absolute Gasteiger partial charge is 0.437 e. The van der Waals surface area contributed by atoms with Gasteiger partial charge in [0, 0.05) is 0 Å². The van der Waals surface area contributed by atoms with Gasteiger partial charge in [0.15, 0.2) is 16.6 Å². The van der Waals surface area contributed by atoms with Gasteiger partial charge < -0.3 is 13.1 Å². The SMILES string of the molecule is CCCC[Si](C)(C)O[Si](C)(C)O[Si](C)(C)CCCN(C)C. The van der Waals surface area contributed by atoms with E-state index in [9.17, 15) is 0 Å². The summed E-state index contributed by atoms with van der Waals surface area (Å²) in [7, 11) is -0.878. The molecular formula is C15H39NO2Si3. The molecule has 0 aromatic carbocycles. The van der Waals surface area contributed by atoms with Crippen molar-refractivity contribution in [3.8, 4) is 0 Å². The molecular weight excluding hydrogens is 310 g/mol. The smallest absolute Gasteiger partial charge is 0.311 e. The van der Waals surface area contributed by atoms with Crippen LogP contribution >= 0.6 is 0 Å². The van der Waals surface area contributed by atoms with Gasteiger partial charge in [0.25, 0.3) is 0 Å². The molecule has 0 radical (unpaired) electrons. The molecule has 0 fully saturated rings. The maximum Gasteiger partial charge on any atom is 0.311 e. The summed E-state index contributed by atoms with van der Waals surface area (Å²) in [6.45, 7) is 17.3. The molecule has 0 N–H and O–H groups in total. The average molecular weight is 350 g/mol. The molecule has 0 aliphatic rings. The van der Waals surface area contributed by atoms with Crippen LogP contribution in [0.2, 0.25) is 51.4 Å². The molecule has 0 aromatic heterocycles. The summed E-state index contributed by atoms with van der Waals surface area (Å²) in [5.41, 5.74) is 0. The maximum absolute atomic E-state index is 6.59. The summed E-state index contributed by atoms with van der Waals surface area (Å²) in [4.78, 5) is 2.25. The molecule has 0 spiro atoms. The normalized spacial score (nSPS) is 14.0. The number of nitrogens with zero attached hydrogens (tertiary/aromatic N) is 1. The first kappa shape index (κ1) is 21.5. The fourth-order valence-electron chi connectivity index (χ4n) is 2.88. The highest BCUT2D eigenvalue weighted by molar-refractivity contribution is 6.87. The van der Waals surface area contributed by atoms with Crippen molar-refractivity contribution in [1.82, 2.24) is 4.90 Å². The first-order valence-corrected chi connectivity index (χ1v) is 17.5. The Morgan fingerprint density at radius 3 is 1.57 bits per heavy atom. The molecule has 0 heterocycles. The van der Waals surface area contributed by atoms with Crippen LogP contribution in [0.4, 0.5) is 0 Å². The Kier molecular flexibility index (Phi) is 9.21. The third-order valence-electron chi connectivity index (χ3n) is 3.56. The van der Waals surface area contributed by atoms with E-state index in [2.05, 4.69) is 65.2 Å². The Morgan fingerprint density at radius 1 is 0.762 bits per heavy atom. The molecule has 0 bridgehead atoms. The molecule has 0 aliphatic carbocycles. The van der Waals surface area contributed by atoms with E-state index >= 15 is 0 Å². The monoisotopic (exact) mass is 349 g/mol. The predicted molar refractivity (Wildman–Crippen MR) is 102 cm³/mol. The zero-order chi connectivity index (χ0) is 16.7. The van der Waals surface area contributed by atoms with Gasteiger partial charge in [0.2, 0.25) is 0 Å². The Labute approximate surface area is 136 Å². The second-order valence-corrected chi connectivity index (χ2v) is 20.6. The summed E-state index contributed by atoms with van der Waals surface area (Å²) in [6, 6.07) is 2.48. The Hall–Kier alpha value is 0.531. The predicted octanol–water partition coefficient (Wildman–Crippen LogP) is 4.88. The van der Waals surface area contributed by atoms with Gasteiger partial charge in [-0.2, -0.15) is 0 Å². The minimum Gasteiger partial charge on any atom is -0.437 e. The van der Waals surface area contributed by atoms with Crippen LogP contribution in [0.15, 0.2) is 0 Å². The highest BCUT2D eigenvalue weighted by Crippen LogP contribution is 2.26. The molecule has 0 rings (SSSR count). The van der Waals surface area contributed by atoms with E-state index in [0.29, 0.717) is 0 Å². The third-order valence-corrected chi connectivity index (χ3v) is 15.0. The number of hydrogen-bond donors (Lipinski definition) is 0. The first-order valence-electron chi connectivity index (χ1n) is 8.44. The van der Waals surface area contributed by atoms with Crippen LogP contribution in [0.3, 0.4) is 0 Å². The lowest BCUT2D eigenvalue weighted by Crippen LogP contribution is -2.52. The second kappa shape index (κ2) is 8.98. The lowest BCUT2D eigenvalue weighted by molar-refractivity contribution is 0.378. The van der Waals surface area contributed by atoms with Crippen LogP contribution in [0.1, 0.15) is 26.2 Å². The lowest BCUT2D eigenvalue weighted by atomic mass is 10.4. The standard InChI is InChI=1S/C15H39NO2Si3/c1-10-11-14-19(4,5)17-21(8,9)18-20(6,7)15-12-13-16(2)3/h10-15H2,1-9H3. The van der Waals surface area contributed by atoms with Crippen LogP contribution in [-0.4, -0.2) is 50.7 Å². The summed E-state index contributed by atoms with van der Waals surface area (Å²) < 4.78 is 13.2. The van der Waals surface area contributed by atoms with E-state index in [1.165, 1.54) is 31.4 Å². The Morgan fingerprint density at radius 2 is 1.19 bits per heavy atom. The molecule has 0 aliphatic heterocycles. The van der Waals surface area contributed by atoms with Crippen LogP contribution in [0, 0.1) is 0 Å². The molecule has 0 amide bonds. The number of hydrogen-bond acceptors (Lipinski definition) is 3. The zero-order valence-corrected chi connectivity index (χ0v) is 19.0. The summed E-state index contributed by atoms with van der Waals surface area (Å²) >= 11 is 0. The summed E-state index contributed by atoms with van der Waals surface area (Å²) in [5.74, 6) is 0.